The monoisotopic (exact) mass is 482 g/mol. The number of rotatable bonds is 6. The predicted octanol–water partition coefficient (Wildman–Crippen LogP) is 4.40. The molecule has 0 amide bonds. The van der Waals surface area contributed by atoms with Crippen molar-refractivity contribution in [2.75, 3.05) is 12.8 Å². The van der Waals surface area contributed by atoms with Gasteiger partial charge in [-0.05, 0) is 54.3 Å². The number of nitrogens with two attached hydrogens (primary N) is 1. The molecule has 9 nitrogen and oxygen atoms in total. The van der Waals surface area contributed by atoms with Crippen LogP contribution in [0.4, 0.5) is 10.2 Å². The van der Waals surface area contributed by atoms with Crippen molar-refractivity contribution in [1.29, 1.82) is 0 Å². The molecule has 5 aromatic rings. The summed E-state index contributed by atoms with van der Waals surface area (Å²) in [6.45, 7) is 0. The fourth-order valence-electron chi connectivity index (χ4n) is 4.31. The van der Waals surface area contributed by atoms with Crippen LogP contribution in [0.5, 0.6) is 5.75 Å². The number of methoxy groups -OCH3 is 1. The predicted molar refractivity (Wildman–Crippen MR) is 133 cm³/mol. The fourth-order valence-corrected chi connectivity index (χ4v) is 4.31. The molecule has 0 aliphatic heterocycles. The Hall–Kier alpha value is -4.60. The summed E-state index contributed by atoms with van der Waals surface area (Å²) < 4.78 is 23.3. The summed E-state index contributed by atoms with van der Waals surface area (Å²) >= 11 is 0. The highest BCUT2D eigenvalue weighted by molar-refractivity contribution is 5.81. The Morgan fingerprint density at radius 3 is 2.64 bits per heavy atom. The van der Waals surface area contributed by atoms with Gasteiger partial charge in [0.1, 0.15) is 23.7 Å². The number of anilines is 1. The van der Waals surface area contributed by atoms with Crippen LogP contribution in [-0.2, 0) is 7.05 Å². The minimum Gasteiger partial charge on any atom is -0.494 e. The average molecular weight is 483 g/mol. The number of aromatic nitrogens is 7. The number of halogens is 1. The first-order chi connectivity index (χ1) is 17.5. The number of hydrogen-bond acceptors (Lipinski definition) is 7. The lowest BCUT2D eigenvalue weighted by atomic mass is 9.98. The highest BCUT2D eigenvalue weighted by Gasteiger charge is 2.27. The lowest BCUT2D eigenvalue weighted by Crippen LogP contribution is -2.02. The number of ether oxygens (including phenoxy) is 1. The van der Waals surface area contributed by atoms with Crippen molar-refractivity contribution in [3.05, 3.63) is 72.8 Å². The first-order valence-electron chi connectivity index (χ1n) is 11.5. The van der Waals surface area contributed by atoms with Crippen molar-refractivity contribution in [1.82, 2.24) is 34.5 Å². The van der Waals surface area contributed by atoms with E-state index in [0.717, 1.165) is 40.8 Å². The lowest BCUT2D eigenvalue weighted by Gasteiger charge is -2.13. The Kier molecular flexibility index (Phi) is 5.21. The maximum atomic E-state index is 14.3. The van der Waals surface area contributed by atoms with Crippen molar-refractivity contribution < 1.29 is 9.13 Å². The fraction of sp³-hybridized carbons (Fsp3) is 0.192. The third-order valence-corrected chi connectivity index (χ3v) is 6.31. The SMILES string of the molecule is COc1cnc(N)cc1-c1cnn(-c2cc(-c3ccc(F)cc3-c3nncn3C)cc(C3CC3)n2)c1. The number of nitrogen functional groups attached to an aromatic ring is 1. The second kappa shape index (κ2) is 8.56. The molecule has 1 saturated carbocycles. The molecule has 0 spiro atoms. The van der Waals surface area contributed by atoms with Crippen LogP contribution in [0.3, 0.4) is 0 Å². The average Bonchev–Trinajstić information content (AvgIpc) is 3.46. The number of nitrogens with zero attached hydrogens (tertiary/aromatic N) is 7. The summed E-state index contributed by atoms with van der Waals surface area (Å²) in [4.78, 5) is 9.01. The van der Waals surface area contributed by atoms with Crippen LogP contribution in [0.25, 0.3) is 39.5 Å². The van der Waals surface area contributed by atoms with Crippen LogP contribution in [0.2, 0.25) is 0 Å². The van der Waals surface area contributed by atoms with Crippen LogP contribution in [0, 0.1) is 5.82 Å². The minimum atomic E-state index is -0.337. The molecule has 0 unspecified atom stereocenters. The van der Waals surface area contributed by atoms with Crippen molar-refractivity contribution >= 4 is 5.82 Å². The smallest absolute Gasteiger partial charge is 0.164 e. The Bertz CT molecular complexity index is 1590. The van der Waals surface area contributed by atoms with Gasteiger partial charge in [-0.15, -0.1) is 10.2 Å². The first kappa shape index (κ1) is 21.9. The van der Waals surface area contributed by atoms with Gasteiger partial charge >= 0.3 is 0 Å². The molecule has 0 radical (unpaired) electrons. The van der Waals surface area contributed by atoms with Crippen LogP contribution in [0.15, 0.2) is 61.3 Å². The van der Waals surface area contributed by atoms with Gasteiger partial charge in [0.15, 0.2) is 11.6 Å². The molecule has 0 atom stereocenters. The van der Waals surface area contributed by atoms with Crippen LogP contribution in [0.1, 0.15) is 24.5 Å². The molecule has 1 aromatic carbocycles. The van der Waals surface area contributed by atoms with Gasteiger partial charge < -0.3 is 15.0 Å². The highest BCUT2D eigenvalue weighted by atomic mass is 19.1. The third-order valence-electron chi connectivity index (χ3n) is 6.31. The van der Waals surface area contributed by atoms with E-state index in [1.807, 2.05) is 19.3 Å². The van der Waals surface area contributed by atoms with Gasteiger partial charge in [0.25, 0.3) is 0 Å². The molecule has 1 aliphatic carbocycles. The van der Waals surface area contributed by atoms with Crippen LogP contribution in [-0.4, -0.2) is 41.6 Å². The Balaban J connectivity index is 1.48. The summed E-state index contributed by atoms with van der Waals surface area (Å²) in [6.07, 6.45) is 9.00. The molecule has 0 saturated heterocycles. The van der Waals surface area contributed by atoms with E-state index >= 15 is 0 Å². The normalized spacial score (nSPS) is 13.2. The van der Waals surface area contributed by atoms with Gasteiger partial charge in [-0.2, -0.15) is 5.10 Å². The Labute approximate surface area is 206 Å². The molecule has 180 valence electrons. The zero-order chi connectivity index (χ0) is 24.8. The van der Waals surface area contributed by atoms with E-state index in [4.69, 9.17) is 15.5 Å². The van der Waals surface area contributed by atoms with Gasteiger partial charge in [0.05, 0.1) is 19.5 Å². The van der Waals surface area contributed by atoms with Crippen molar-refractivity contribution in [2.45, 2.75) is 18.8 Å². The van der Waals surface area contributed by atoms with E-state index in [1.54, 1.807) is 47.2 Å². The lowest BCUT2D eigenvalue weighted by molar-refractivity contribution is 0.414. The van der Waals surface area contributed by atoms with Gasteiger partial charge in [-0.3, -0.25) is 0 Å². The Morgan fingerprint density at radius 1 is 1.03 bits per heavy atom. The number of pyridine rings is 2. The molecule has 4 aromatic heterocycles. The molecule has 0 bridgehead atoms. The van der Waals surface area contributed by atoms with Crippen molar-refractivity contribution in [3.63, 3.8) is 0 Å². The first-order valence-corrected chi connectivity index (χ1v) is 11.5. The molecular weight excluding hydrogens is 459 g/mol. The molecule has 10 heteroatoms. The summed E-state index contributed by atoms with van der Waals surface area (Å²) in [5, 5.41) is 12.8. The van der Waals surface area contributed by atoms with Gasteiger partial charge in [-0.25, -0.2) is 19.0 Å². The summed E-state index contributed by atoms with van der Waals surface area (Å²) in [7, 11) is 3.43. The standard InChI is InChI=1S/C26H23FN8O/c1-34-14-30-33-26(34)21-9-18(27)5-6-19(21)16-7-22(15-3-4-15)32-25(8-16)35-13-17(11-31-35)20-10-24(28)29-12-23(20)36-2/h5-15H,3-4H2,1-2H3,(H2,28,29). The largest absolute Gasteiger partial charge is 0.494 e. The van der Waals surface area contributed by atoms with E-state index < -0.39 is 0 Å². The van der Waals surface area contributed by atoms with Gasteiger partial charge in [0.2, 0.25) is 0 Å². The minimum absolute atomic E-state index is 0.337. The van der Waals surface area contributed by atoms with E-state index in [1.165, 1.54) is 12.1 Å². The number of benzene rings is 1. The highest BCUT2D eigenvalue weighted by Crippen LogP contribution is 2.42. The maximum absolute atomic E-state index is 14.3. The zero-order valence-electron chi connectivity index (χ0n) is 19.8. The van der Waals surface area contributed by atoms with E-state index in [-0.39, 0.29) is 5.82 Å². The van der Waals surface area contributed by atoms with Crippen LogP contribution >= 0.6 is 0 Å². The molecule has 6 rings (SSSR count). The number of aryl methyl sites for hydroxylation is 1. The van der Waals surface area contributed by atoms with Crippen LogP contribution < -0.4 is 10.5 Å². The molecule has 2 N–H and O–H groups in total. The van der Waals surface area contributed by atoms with Crippen molar-refractivity contribution in [2.24, 2.45) is 7.05 Å². The zero-order valence-corrected chi connectivity index (χ0v) is 19.8. The van der Waals surface area contributed by atoms with E-state index in [0.29, 0.717) is 34.7 Å². The maximum Gasteiger partial charge on any atom is 0.164 e. The quantitative estimate of drug-likeness (QED) is 0.382. The second-order valence-electron chi connectivity index (χ2n) is 8.85. The van der Waals surface area contributed by atoms with Gasteiger partial charge in [0, 0.05) is 41.5 Å². The molecule has 4 heterocycles. The molecular formula is C26H23FN8O. The second-order valence-corrected chi connectivity index (χ2v) is 8.85. The van der Waals surface area contributed by atoms with Crippen molar-refractivity contribution in [3.8, 4) is 45.2 Å². The summed E-state index contributed by atoms with van der Waals surface area (Å²) in [6, 6.07) is 10.5. The Morgan fingerprint density at radius 2 is 1.89 bits per heavy atom. The molecule has 1 aliphatic rings. The number of hydrogen-bond donors (Lipinski definition) is 1. The van der Waals surface area contributed by atoms with E-state index in [9.17, 15) is 4.39 Å². The summed E-state index contributed by atoms with van der Waals surface area (Å²) in [5.74, 6) is 2.30. The van der Waals surface area contributed by atoms with Gasteiger partial charge in [-0.1, -0.05) is 6.07 Å². The topological polar surface area (TPSA) is 110 Å². The summed E-state index contributed by atoms with van der Waals surface area (Å²) in [5.41, 5.74) is 10.9. The molecule has 1 fully saturated rings. The third kappa shape index (κ3) is 3.96. The van der Waals surface area contributed by atoms with E-state index in [2.05, 4.69) is 26.3 Å². The molecule has 36 heavy (non-hydrogen) atoms.